The van der Waals surface area contributed by atoms with Crippen molar-refractivity contribution >= 4 is 17.5 Å². The van der Waals surface area contributed by atoms with Crippen LogP contribution in [0, 0.1) is 0 Å². The van der Waals surface area contributed by atoms with Crippen LogP contribution in [-0.4, -0.2) is 38.1 Å². The Kier molecular flexibility index (Phi) is 4.48. The molecule has 19 heavy (non-hydrogen) atoms. The Bertz CT molecular complexity index is 466. The van der Waals surface area contributed by atoms with Crippen LogP contribution in [0.1, 0.15) is 5.56 Å². The van der Waals surface area contributed by atoms with Crippen LogP contribution >= 0.6 is 0 Å². The second kappa shape index (κ2) is 6.31. The zero-order valence-corrected chi connectivity index (χ0v) is 10.7. The average Bonchev–Trinajstić information content (AvgIpc) is 2.42. The molecule has 6 heteroatoms. The van der Waals surface area contributed by atoms with Gasteiger partial charge >= 0.3 is 0 Å². The Labute approximate surface area is 111 Å². The summed E-state index contributed by atoms with van der Waals surface area (Å²) in [7, 11) is 1.61. The molecule has 102 valence electrons. The van der Waals surface area contributed by atoms with E-state index in [4.69, 9.17) is 4.74 Å². The zero-order chi connectivity index (χ0) is 13.7. The number of carbonyl (C=O) groups is 2. The zero-order valence-electron chi connectivity index (χ0n) is 10.7. The molecule has 2 amide bonds. The summed E-state index contributed by atoms with van der Waals surface area (Å²) in [4.78, 5) is 23.1. The molecule has 6 nitrogen and oxygen atoms in total. The molecule has 1 aromatic rings. The number of hydrogen-bond acceptors (Lipinski definition) is 4. The number of rotatable bonds is 4. The lowest BCUT2D eigenvalue weighted by Gasteiger charge is -2.23. The van der Waals surface area contributed by atoms with Gasteiger partial charge in [-0.2, -0.15) is 0 Å². The standard InChI is InChI=1S/C13H17N3O3/c1-19-8-9-4-2-3-5-10(9)16-13(18)11-6-15-12(17)7-14-11/h2-5,11,14H,6-8H2,1H3,(H,15,17)(H,16,18). The normalized spacial score (nSPS) is 18.8. The summed E-state index contributed by atoms with van der Waals surface area (Å²) in [5.74, 6) is -0.257. The highest BCUT2D eigenvalue weighted by molar-refractivity contribution is 5.97. The lowest BCUT2D eigenvalue weighted by molar-refractivity contribution is -0.124. The van der Waals surface area contributed by atoms with Crippen LogP contribution in [0.4, 0.5) is 5.69 Å². The maximum absolute atomic E-state index is 12.1. The van der Waals surface area contributed by atoms with Crippen LogP contribution in [0.5, 0.6) is 0 Å². The van der Waals surface area contributed by atoms with E-state index >= 15 is 0 Å². The van der Waals surface area contributed by atoms with E-state index in [0.29, 0.717) is 13.2 Å². The molecule has 1 aromatic carbocycles. The van der Waals surface area contributed by atoms with Crippen molar-refractivity contribution in [3.8, 4) is 0 Å². The third-order valence-corrected chi connectivity index (χ3v) is 2.90. The molecule has 1 atom stereocenters. The predicted octanol–water partition coefficient (Wildman–Crippen LogP) is -0.140. The molecule has 0 radical (unpaired) electrons. The second-order valence-corrected chi connectivity index (χ2v) is 4.32. The third-order valence-electron chi connectivity index (χ3n) is 2.90. The van der Waals surface area contributed by atoms with Gasteiger partial charge in [0.15, 0.2) is 0 Å². The summed E-state index contributed by atoms with van der Waals surface area (Å²) in [6.07, 6.45) is 0. The fourth-order valence-corrected chi connectivity index (χ4v) is 1.90. The van der Waals surface area contributed by atoms with Gasteiger partial charge in [-0.25, -0.2) is 0 Å². The van der Waals surface area contributed by atoms with Crippen LogP contribution in [0.15, 0.2) is 24.3 Å². The fourth-order valence-electron chi connectivity index (χ4n) is 1.90. The number of anilines is 1. The molecular formula is C13H17N3O3. The number of amides is 2. The molecule has 1 aliphatic heterocycles. The Morgan fingerprint density at radius 2 is 2.26 bits per heavy atom. The van der Waals surface area contributed by atoms with Gasteiger partial charge < -0.3 is 15.4 Å². The monoisotopic (exact) mass is 263 g/mol. The number of methoxy groups -OCH3 is 1. The van der Waals surface area contributed by atoms with Crippen molar-refractivity contribution in [1.29, 1.82) is 0 Å². The molecule has 0 spiro atoms. The van der Waals surface area contributed by atoms with E-state index < -0.39 is 6.04 Å². The minimum Gasteiger partial charge on any atom is -0.380 e. The first kappa shape index (κ1) is 13.5. The van der Waals surface area contributed by atoms with Crippen LogP contribution in [0.25, 0.3) is 0 Å². The van der Waals surface area contributed by atoms with E-state index in [9.17, 15) is 9.59 Å². The first-order valence-corrected chi connectivity index (χ1v) is 6.08. The molecule has 1 unspecified atom stereocenters. The van der Waals surface area contributed by atoms with Gasteiger partial charge in [0.2, 0.25) is 11.8 Å². The maximum Gasteiger partial charge on any atom is 0.243 e. The lowest BCUT2D eigenvalue weighted by Crippen LogP contribution is -2.56. The van der Waals surface area contributed by atoms with Crippen molar-refractivity contribution in [2.24, 2.45) is 0 Å². The molecule has 2 rings (SSSR count). The van der Waals surface area contributed by atoms with Gasteiger partial charge in [0.1, 0.15) is 6.04 Å². The average molecular weight is 263 g/mol. The first-order valence-electron chi connectivity index (χ1n) is 6.08. The summed E-state index contributed by atoms with van der Waals surface area (Å²) in [5, 5.41) is 8.38. The summed E-state index contributed by atoms with van der Waals surface area (Å²) < 4.78 is 5.09. The predicted molar refractivity (Wildman–Crippen MR) is 70.6 cm³/mol. The Hall–Kier alpha value is -1.92. The number of benzene rings is 1. The van der Waals surface area contributed by atoms with E-state index in [1.54, 1.807) is 7.11 Å². The van der Waals surface area contributed by atoms with Crippen molar-refractivity contribution in [2.45, 2.75) is 12.6 Å². The number of ether oxygens (including phenoxy) is 1. The molecule has 1 heterocycles. The smallest absolute Gasteiger partial charge is 0.243 e. The summed E-state index contributed by atoms with van der Waals surface area (Å²) >= 11 is 0. The molecule has 3 N–H and O–H groups in total. The van der Waals surface area contributed by atoms with Gasteiger partial charge in [-0.05, 0) is 6.07 Å². The van der Waals surface area contributed by atoms with Crippen LogP contribution in [0.3, 0.4) is 0 Å². The fraction of sp³-hybridized carbons (Fsp3) is 0.385. The highest BCUT2D eigenvalue weighted by atomic mass is 16.5. The van der Waals surface area contributed by atoms with Crippen molar-refractivity contribution < 1.29 is 14.3 Å². The van der Waals surface area contributed by atoms with Crippen molar-refractivity contribution in [2.75, 3.05) is 25.5 Å². The Morgan fingerprint density at radius 1 is 1.47 bits per heavy atom. The molecule has 0 aromatic heterocycles. The molecule has 1 aliphatic rings. The third kappa shape index (κ3) is 3.52. The topological polar surface area (TPSA) is 79.5 Å². The van der Waals surface area contributed by atoms with Gasteiger partial charge in [0.25, 0.3) is 0 Å². The van der Waals surface area contributed by atoms with Gasteiger partial charge in [-0.1, -0.05) is 18.2 Å². The minimum absolute atomic E-state index is 0.0937. The molecule has 1 saturated heterocycles. The van der Waals surface area contributed by atoms with Gasteiger partial charge in [-0.3, -0.25) is 14.9 Å². The van der Waals surface area contributed by atoms with Gasteiger partial charge in [0.05, 0.1) is 13.2 Å². The second-order valence-electron chi connectivity index (χ2n) is 4.32. The van der Waals surface area contributed by atoms with Crippen molar-refractivity contribution in [1.82, 2.24) is 10.6 Å². The van der Waals surface area contributed by atoms with Crippen LogP contribution in [-0.2, 0) is 20.9 Å². The first-order chi connectivity index (χ1) is 9.20. The van der Waals surface area contributed by atoms with E-state index in [-0.39, 0.29) is 18.4 Å². The van der Waals surface area contributed by atoms with E-state index in [1.165, 1.54) is 0 Å². The molecular weight excluding hydrogens is 246 g/mol. The van der Waals surface area contributed by atoms with Crippen molar-refractivity contribution in [3.63, 3.8) is 0 Å². The molecule has 0 saturated carbocycles. The van der Waals surface area contributed by atoms with E-state index in [2.05, 4.69) is 16.0 Å². The van der Waals surface area contributed by atoms with E-state index in [0.717, 1.165) is 11.3 Å². The number of carbonyl (C=O) groups excluding carboxylic acids is 2. The number of para-hydroxylation sites is 1. The summed E-state index contributed by atoms with van der Waals surface area (Å²) in [6.45, 7) is 0.903. The lowest BCUT2D eigenvalue weighted by atomic mass is 10.1. The summed E-state index contributed by atoms with van der Waals surface area (Å²) in [6, 6.07) is 7.06. The van der Waals surface area contributed by atoms with Crippen LogP contribution < -0.4 is 16.0 Å². The molecule has 0 bridgehead atoms. The quantitative estimate of drug-likeness (QED) is 0.706. The van der Waals surface area contributed by atoms with Crippen molar-refractivity contribution in [3.05, 3.63) is 29.8 Å². The number of piperazine rings is 1. The maximum atomic E-state index is 12.1. The van der Waals surface area contributed by atoms with Gasteiger partial charge in [-0.15, -0.1) is 0 Å². The number of hydrogen-bond donors (Lipinski definition) is 3. The molecule has 1 fully saturated rings. The van der Waals surface area contributed by atoms with Crippen LogP contribution in [0.2, 0.25) is 0 Å². The number of nitrogens with one attached hydrogen (secondary N) is 3. The largest absolute Gasteiger partial charge is 0.380 e. The molecule has 0 aliphatic carbocycles. The van der Waals surface area contributed by atoms with Gasteiger partial charge in [0, 0.05) is 24.9 Å². The summed E-state index contributed by atoms with van der Waals surface area (Å²) in [5.41, 5.74) is 1.64. The minimum atomic E-state index is -0.409. The highest BCUT2D eigenvalue weighted by Gasteiger charge is 2.24. The SMILES string of the molecule is COCc1ccccc1NC(=O)C1CNC(=O)CN1. The van der Waals surface area contributed by atoms with E-state index in [1.807, 2.05) is 24.3 Å². The Balaban J connectivity index is 2.00. The highest BCUT2D eigenvalue weighted by Crippen LogP contribution is 2.16. The Morgan fingerprint density at radius 3 is 2.95 bits per heavy atom.